The third kappa shape index (κ3) is 10.1. The summed E-state index contributed by atoms with van der Waals surface area (Å²) in [6.45, 7) is 8.35. The molecule has 5 heteroatoms. The Kier molecular flexibility index (Phi) is 12.4. The third-order valence-electron chi connectivity index (χ3n) is 4.00. The Balaban J connectivity index is 0. The molecule has 0 aromatic carbocycles. The van der Waals surface area contributed by atoms with E-state index in [0.29, 0.717) is 0 Å². The van der Waals surface area contributed by atoms with Crippen molar-refractivity contribution >= 4 is 35.0 Å². The molecule has 0 saturated heterocycles. The lowest BCUT2D eigenvalue weighted by Gasteiger charge is -2.32. The number of rotatable bonds is 10. The van der Waals surface area contributed by atoms with Crippen LogP contribution in [0, 0.1) is 17.3 Å². The van der Waals surface area contributed by atoms with Crippen molar-refractivity contribution < 1.29 is 19.8 Å². The summed E-state index contributed by atoms with van der Waals surface area (Å²) in [6, 6.07) is 0. The van der Waals surface area contributed by atoms with Gasteiger partial charge in [-0.15, -0.1) is 0 Å². The normalized spacial score (nSPS) is 12.8. The lowest BCUT2D eigenvalue weighted by Crippen LogP contribution is -2.31. The van der Waals surface area contributed by atoms with E-state index in [9.17, 15) is 9.59 Å². The minimum absolute atomic E-state index is 0. The quantitative estimate of drug-likeness (QED) is 0.369. The van der Waals surface area contributed by atoms with Gasteiger partial charge in [-0.3, -0.25) is 9.59 Å². The first-order valence-corrected chi connectivity index (χ1v) is 7.65. The predicted molar refractivity (Wildman–Crippen MR) is 88.2 cm³/mol. The summed E-state index contributed by atoms with van der Waals surface area (Å²) in [4.78, 5) is 22.1. The largest absolute Gasteiger partial charge is 0.481 e. The van der Waals surface area contributed by atoms with Crippen LogP contribution in [0.3, 0.4) is 0 Å². The average Bonchev–Trinajstić information content (AvgIpc) is 2.29. The maximum absolute atomic E-state index is 11.0. The summed E-state index contributed by atoms with van der Waals surface area (Å²) in [6.07, 6.45) is 6.95. The highest BCUT2D eigenvalue weighted by atomic mass is 24.3. The molecule has 122 valence electrons. The minimum atomic E-state index is -1.28. The molecule has 0 saturated carbocycles. The molecular formula is C16H32MgO4. The number of hydrogen-bond acceptors (Lipinski definition) is 2. The molecule has 0 aliphatic rings. The lowest BCUT2D eigenvalue weighted by molar-refractivity contribution is -0.155. The smallest absolute Gasteiger partial charge is 0.317 e. The van der Waals surface area contributed by atoms with E-state index in [0.717, 1.165) is 19.3 Å². The van der Waals surface area contributed by atoms with Gasteiger partial charge in [0.05, 0.1) is 0 Å². The Morgan fingerprint density at radius 1 is 0.952 bits per heavy atom. The molecule has 4 nitrogen and oxygen atoms in total. The molecular weight excluding hydrogens is 280 g/mol. The molecule has 0 spiro atoms. The van der Waals surface area contributed by atoms with Crippen molar-refractivity contribution in [3.63, 3.8) is 0 Å². The van der Waals surface area contributed by atoms with Crippen molar-refractivity contribution in [1.29, 1.82) is 0 Å². The van der Waals surface area contributed by atoms with Crippen LogP contribution >= 0.6 is 0 Å². The monoisotopic (exact) mass is 312 g/mol. The van der Waals surface area contributed by atoms with Gasteiger partial charge in [0.15, 0.2) is 5.92 Å². The maximum atomic E-state index is 11.0. The van der Waals surface area contributed by atoms with Crippen molar-refractivity contribution in [3.8, 4) is 0 Å². The van der Waals surface area contributed by atoms with E-state index < -0.39 is 17.9 Å². The minimum Gasteiger partial charge on any atom is -0.481 e. The standard InChI is InChI=1S/C16H30O4.Mg.2H/c1-5-6-7-8-9-10-12(16(2,3)4)11-13(14(17)18)15(19)20;;;/h12-13H,5-11H2,1-4H3,(H,17,18)(H,19,20);;;. The molecule has 0 heterocycles. The van der Waals surface area contributed by atoms with E-state index in [4.69, 9.17) is 10.2 Å². The Morgan fingerprint density at radius 3 is 1.81 bits per heavy atom. The van der Waals surface area contributed by atoms with Gasteiger partial charge in [0.25, 0.3) is 0 Å². The molecule has 0 bridgehead atoms. The molecule has 1 unspecified atom stereocenters. The van der Waals surface area contributed by atoms with Crippen molar-refractivity contribution in [2.24, 2.45) is 17.3 Å². The second kappa shape index (κ2) is 11.3. The van der Waals surface area contributed by atoms with E-state index >= 15 is 0 Å². The summed E-state index contributed by atoms with van der Waals surface area (Å²) in [7, 11) is 0. The molecule has 0 fully saturated rings. The van der Waals surface area contributed by atoms with E-state index in [1.165, 1.54) is 19.3 Å². The van der Waals surface area contributed by atoms with Crippen molar-refractivity contribution in [2.45, 2.75) is 72.6 Å². The van der Waals surface area contributed by atoms with Crippen LogP contribution in [0.1, 0.15) is 72.6 Å². The highest BCUT2D eigenvalue weighted by molar-refractivity contribution is 5.92. The van der Waals surface area contributed by atoms with Gasteiger partial charge in [-0.2, -0.15) is 0 Å². The van der Waals surface area contributed by atoms with E-state index in [2.05, 4.69) is 27.7 Å². The summed E-state index contributed by atoms with van der Waals surface area (Å²) >= 11 is 0. The molecule has 1 atom stereocenters. The fourth-order valence-corrected chi connectivity index (χ4v) is 2.49. The zero-order chi connectivity index (χ0) is 15.8. The second-order valence-electron chi connectivity index (χ2n) is 6.73. The topological polar surface area (TPSA) is 74.6 Å². The molecule has 0 radical (unpaired) electrons. The Hall–Kier alpha value is -0.294. The summed E-state index contributed by atoms with van der Waals surface area (Å²) in [5.74, 6) is -3.60. The van der Waals surface area contributed by atoms with Crippen LogP contribution in [0.25, 0.3) is 0 Å². The molecule has 0 aromatic rings. The zero-order valence-corrected chi connectivity index (χ0v) is 13.3. The van der Waals surface area contributed by atoms with E-state index in [-0.39, 0.29) is 40.8 Å². The molecule has 0 aliphatic carbocycles. The number of aliphatic carboxylic acids is 2. The van der Waals surface area contributed by atoms with Gasteiger partial charge in [0, 0.05) is 0 Å². The first-order valence-electron chi connectivity index (χ1n) is 7.65. The fourth-order valence-electron chi connectivity index (χ4n) is 2.49. The van der Waals surface area contributed by atoms with Crippen LogP contribution in [-0.2, 0) is 9.59 Å². The van der Waals surface area contributed by atoms with Crippen LogP contribution in [0.2, 0.25) is 0 Å². The highest BCUT2D eigenvalue weighted by Gasteiger charge is 2.33. The summed E-state index contributed by atoms with van der Waals surface area (Å²) < 4.78 is 0. The first kappa shape index (κ1) is 23.0. The van der Waals surface area contributed by atoms with Crippen molar-refractivity contribution in [3.05, 3.63) is 0 Å². The highest BCUT2D eigenvalue weighted by Crippen LogP contribution is 2.35. The molecule has 0 amide bonds. The van der Waals surface area contributed by atoms with Crippen LogP contribution in [0.15, 0.2) is 0 Å². The third-order valence-corrected chi connectivity index (χ3v) is 4.00. The molecule has 21 heavy (non-hydrogen) atoms. The summed E-state index contributed by atoms with van der Waals surface area (Å²) in [5, 5.41) is 18.0. The first-order chi connectivity index (χ1) is 9.20. The summed E-state index contributed by atoms with van der Waals surface area (Å²) in [5.41, 5.74) is -0.0616. The molecule has 0 aromatic heterocycles. The van der Waals surface area contributed by atoms with Crippen LogP contribution in [0.4, 0.5) is 0 Å². The van der Waals surface area contributed by atoms with Gasteiger partial charge in [0.2, 0.25) is 0 Å². The number of carbonyl (C=O) groups is 2. The predicted octanol–water partition coefficient (Wildman–Crippen LogP) is 3.27. The second-order valence-corrected chi connectivity index (χ2v) is 6.73. The molecule has 0 aliphatic heterocycles. The maximum Gasteiger partial charge on any atom is 0.317 e. The van der Waals surface area contributed by atoms with Crippen LogP contribution in [-0.4, -0.2) is 45.2 Å². The number of unbranched alkanes of at least 4 members (excludes halogenated alkanes) is 4. The van der Waals surface area contributed by atoms with E-state index in [1.807, 2.05) is 0 Å². The number of carboxylic acids is 2. The number of hydrogen-bond donors (Lipinski definition) is 2. The van der Waals surface area contributed by atoms with Gasteiger partial charge >= 0.3 is 35.0 Å². The Bertz CT molecular complexity index is 296. The van der Waals surface area contributed by atoms with Gasteiger partial charge in [0.1, 0.15) is 0 Å². The fraction of sp³-hybridized carbons (Fsp3) is 0.875. The number of carboxylic acid groups (broad SMARTS) is 2. The van der Waals surface area contributed by atoms with Crippen molar-refractivity contribution in [2.75, 3.05) is 0 Å². The molecule has 0 rings (SSSR count). The van der Waals surface area contributed by atoms with Gasteiger partial charge in [-0.05, 0) is 24.2 Å². The van der Waals surface area contributed by atoms with Crippen molar-refractivity contribution in [1.82, 2.24) is 0 Å². The average molecular weight is 313 g/mol. The Morgan fingerprint density at radius 2 is 1.43 bits per heavy atom. The zero-order valence-electron chi connectivity index (χ0n) is 13.3. The van der Waals surface area contributed by atoms with E-state index in [1.54, 1.807) is 0 Å². The van der Waals surface area contributed by atoms with Gasteiger partial charge in [-0.25, -0.2) is 0 Å². The van der Waals surface area contributed by atoms with Crippen LogP contribution < -0.4 is 0 Å². The lowest BCUT2D eigenvalue weighted by atomic mass is 9.73. The van der Waals surface area contributed by atoms with Gasteiger partial charge < -0.3 is 10.2 Å². The molecule has 2 N–H and O–H groups in total. The van der Waals surface area contributed by atoms with Gasteiger partial charge in [-0.1, -0.05) is 59.8 Å². The van der Waals surface area contributed by atoms with Crippen LogP contribution in [0.5, 0.6) is 0 Å². The SMILES string of the molecule is CCCCCCCC(CC(C(=O)O)C(=O)O)C(C)(C)C.[MgH2]. The Labute approximate surface area is 144 Å².